The molecule has 1 aromatic carbocycles. The van der Waals surface area contributed by atoms with Crippen LogP contribution in [-0.2, 0) is 11.3 Å². The van der Waals surface area contributed by atoms with E-state index in [0.717, 1.165) is 22.7 Å². The number of thioether (sulfide) groups is 1. The summed E-state index contributed by atoms with van der Waals surface area (Å²) in [5, 5.41) is 19.2. The first-order chi connectivity index (χ1) is 13.2. The van der Waals surface area contributed by atoms with E-state index in [4.69, 9.17) is 5.73 Å². The number of hydrogen-bond donors (Lipinski definition) is 2. The summed E-state index contributed by atoms with van der Waals surface area (Å²) >= 11 is 1.15. The predicted molar refractivity (Wildman–Crippen MR) is 101 cm³/mol. The summed E-state index contributed by atoms with van der Waals surface area (Å²) in [6.45, 7) is 4.39. The van der Waals surface area contributed by atoms with Crippen LogP contribution < -0.4 is 11.1 Å². The van der Waals surface area contributed by atoms with E-state index in [2.05, 4.69) is 42.0 Å². The highest BCUT2D eigenvalue weighted by molar-refractivity contribution is 7.99. The molecule has 0 fully saturated rings. The molecule has 0 unspecified atom stereocenters. The number of nitrogens with zero attached hydrogens (tertiary/aromatic N) is 6. The first-order valence-corrected chi connectivity index (χ1v) is 8.89. The largest absolute Gasteiger partial charge is 0.378 e. The number of allylic oxidation sites excluding steroid dienone is 1. The zero-order chi connectivity index (χ0) is 18.8. The fourth-order valence-corrected chi connectivity index (χ4v) is 3.23. The average Bonchev–Trinajstić information content (AvgIpc) is 3.22. The standard InChI is InChI=1S/C16H14N8O2S/c1-2-7-24-10-6-4-3-5-9(10)12-15(24)19-16(21-20-12)27-8-11(25)18-14-13(17)22-26-23-14/h2-6H,1,7-8H2,(H2,17,22)(H,18,23,25). The van der Waals surface area contributed by atoms with Crippen LogP contribution in [0.4, 0.5) is 11.6 Å². The minimum absolute atomic E-state index is 0.0154. The van der Waals surface area contributed by atoms with E-state index >= 15 is 0 Å². The lowest BCUT2D eigenvalue weighted by Gasteiger charge is -2.03. The van der Waals surface area contributed by atoms with Crippen LogP contribution >= 0.6 is 11.8 Å². The van der Waals surface area contributed by atoms with Crippen molar-refractivity contribution >= 4 is 51.4 Å². The second-order valence-corrected chi connectivity index (χ2v) is 6.46. The van der Waals surface area contributed by atoms with E-state index in [0.29, 0.717) is 22.9 Å². The van der Waals surface area contributed by atoms with E-state index in [9.17, 15) is 4.79 Å². The highest BCUT2D eigenvalue weighted by atomic mass is 32.2. The average molecular weight is 382 g/mol. The van der Waals surface area contributed by atoms with Crippen LogP contribution in [0.2, 0.25) is 0 Å². The Morgan fingerprint density at radius 3 is 2.96 bits per heavy atom. The lowest BCUT2D eigenvalue weighted by atomic mass is 10.2. The molecule has 11 heteroatoms. The van der Waals surface area contributed by atoms with Gasteiger partial charge in [0.05, 0.1) is 11.3 Å². The number of hydrogen-bond acceptors (Lipinski definition) is 9. The minimum atomic E-state index is -0.335. The van der Waals surface area contributed by atoms with Crippen molar-refractivity contribution in [3.63, 3.8) is 0 Å². The molecular formula is C16H14N8O2S. The third-order valence-electron chi connectivity index (χ3n) is 3.77. The van der Waals surface area contributed by atoms with Crippen LogP contribution in [0.25, 0.3) is 22.1 Å². The summed E-state index contributed by atoms with van der Waals surface area (Å²) in [4.78, 5) is 16.6. The Hall–Kier alpha value is -3.47. The van der Waals surface area contributed by atoms with Gasteiger partial charge in [-0.25, -0.2) is 9.61 Å². The molecule has 3 N–H and O–H groups in total. The highest BCUT2D eigenvalue weighted by Gasteiger charge is 2.15. The van der Waals surface area contributed by atoms with Gasteiger partial charge in [-0.15, -0.1) is 16.8 Å². The molecule has 0 aliphatic carbocycles. The molecule has 1 amide bonds. The van der Waals surface area contributed by atoms with Crippen molar-refractivity contribution in [1.29, 1.82) is 0 Å². The number of carbonyl (C=O) groups excluding carboxylic acids is 1. The molecule has 0 saturated carbocycles. The molecule has 0 atom stereocenters. The second-order valence-electron chi connectivity index (χ2n) is 5.52. The number of nitrogens with one attached hydrogen (secondary N) is 1. The molecule has 4 rings (SSSR count). The van der Waals surface area contributed by atoms with Gasteiger partial charge in [-0.1, -0.05) is 36.0 Å². The molecule has 10 nitrogen and oxygen atoms in total. The Balaban J connectivity index is 1.58. The van der Waals surface area contributed by atoms with Gasteiger partial charge in [-0.05, 0) is 16.4 Å². The van der Waals surface area contributed by atoms with Gasteiger partial charge < -0.3 is 15.6 Å². The number of benzene rings is 1. The van der Waals surface area contributed by atoms with Gasteiger partial charge in [-0.3, -0.25) is 4.79 Å². The monoisotopic (exact) mass is 382 g/mol. The van der Waals surface area contributed by atoms with Gasteiger partial charge in [0.15, 0.2) is 5.65 Å². The van der Waals surface area contributed by atoms with Crippen LogP contribution in [0.3, 0.4) is 0 Å². The van der Waals surface area contributed by atoms with Crippen molar-refractivity contribution in [3.8, 4) is 0 Å². The maximum absolute atomic E-state index is 12.0. The van der Waals surface area contributed by atoms with Crippen molar-refractivity contribution in [1.82, 2.24) is 30.1 Å². The van der Waals surface area contributed by atoms with E-state index < -0.39 is 0 Å². The summed E-state index contributed by atoms with van der Waals surface area (Å²) in [5.74, 6) is -0.179. The van der Waals surface area contributed by atoms with Crippen molar-refractivity contribution < 1.29 is 9.42 Å². The van der Waals surface area contributed by atoms with Crippen LogP contribution in [0.5, 0.6) is 0 Å². The molecular weight excluding hydrogens is 368 g/mol. The fourth-order valence-electron chi connectivity index (χ4n) is 2.64. The Kier molecular flexibility index (Phi) is 4.42. The van der Waals surface area contributed by atoms with Gasteiger partial charge in [0.1, 0.15) is 5.52 Å². The number of carbonyl (C=O) groups is 1. The normalized spacial score (nSPS) is 11.1. The number of amides is 1. The number of anilines is 2. The third-order valence-corrected chi connectivity index (χ3v) is 4.61. The fraction of sp³-hybridized carbons (Fsp3) is 0.125. The smallest absolute Gasteiger partial charge is 0.236 e. The lowest BCUT2D eigenvalue weighted by Crippen LogP contribution is -2.15. The van der Waals surface area contributed by atoms with Crippen molar-refractivity contribution in [2.45, 2.75) is 11.7 Å². The number of fused-ring (bicyclic) bond motifs is 3. The Morgan fingerprint density at radius 2 is 2.19 bits per heavy atom. The quantitative estimate of drug-likeness (QED) is 0.378. The predicted octanol–water partition coefficient (Wildman–Crippen LogP) is 1.86. The lowest BCUT2D eigenvalue weighted by molar-refractivity contribution is -0.113. The van der Waals surface area contributed by atoms with Gasteiger partial charge in [-0.2, -0.15) is 0 Å². The van der Waals surface area contributed by atoms with E-state index in [1.54, 1.807) is 6.08 Å². The molecule has 3 aromatic heterocycles. The molecule has 0 spiro atoms. The molecule has 0 radical (unpaired) electrons. The second kappa shape index (κ2) is 7.03. The molecule has 27 heavy (non-hydrogen) atoms. The number of rotatable bonds is 6. The van der Waals surface area contributed by atoms with Crippen molar-refractivity contribution in [2.24, 2.45) is 0 Å². The van der Waals surface area contributed by atoms with Crippen LogP contribution in [0, 0.1) is 0 Å². The SMILES string of the molecule is C=CCn1c2ccccc2c2nnc(SCC(=O)Nc3nonc3N)nc21. The number of para-hydroxylation sites is 1. The van der Waals surface area contributed by atoms with E-state index in [1.165, 1.54) is 0 Å². The molecule has 4 aromatic rings. The Labute approximate surface area is 156 Å². The maximum Gasteiger partial charge on any atom is 0.236 e. The maximum atomic E-state index is 12.0. The zero-order valence-corrected chi connectivity index (χ0v) is 14.8. The first kappa shape index (κ1) is 17.0. The number of nitrogens with two attached hydrogens (primary N) is 1. The van der Waals surface area contributed by atoms with Crippen LogP contribution in [-0.4, -0.2) is 41.7 Å². The Bertz CT molecular complexity index is 1150. The molecule has 0 aliphatic heterocycles. The molecule has 0 bridgehead atoms. The van der Waals surface area contributed by atoms with Crippen LogP contribution in [0.1, 0.15) is 0 Å². The van der Waals surface area contributed by atoms with Crippen molar-refractivity contribution in [2.75, 3.05) is 16.8 Å². The van der Waals surface area contributed by atoms with Gasteiger partial charge in [0, 0.05) is 11.9 Å². The summed E-state index contributed by atoms with van der Waals surface area (Å²) < 4.78 is 6.44. The number of aromatic nitrogens is 6. The molecule has 0 saturated heterocycles. The van der Waals surface area contributed by atoms with Gasteiger partial charge in [0.25, 0.3) is 0 Å². The van der Waals surface area contributed by atoms with Gasteiger partial charge in [0.2, 0.25) is 22.7 Å². The molecule has 0 aliphatic rings. The topological polar surface area (TPSA) is 138 Å². The number of nitrogen functional groups attached to an aromatic ring is 1. The summed E-state index contributed by atoms with van der Waals surface area (Å²) in [7, 11) is 0. The van der Waals surface area contributed by atoms with E-state index in [-0.39, 0.29) is 23.3 Å². The summed E-state index contributed by atoms with van der Waals surface area (Å²) in [6, 6.07) is 7.88. The molecule has 136 valence electrons. The van der Waals surface area contributed by atoms with E-state index in [1.807, 2.05) is 28.8 Å². The third kappa shape index (κ3) is 3.19. The van der Waals surface area contributed by atoms with Crippen LogP contribution in [0.15, 0.2) is 46.7 Å². The highest BCUT2D eigenvalue weighted by Crippen LogP contribution is 2.27. The summed E-state index contributed by atoms with van der Waals surface area (Å²) in [6.07, 6.45) is 1.80. The van der Waals surface area contributed by atoms with Crippen molar-refractivity contribution in [3.05, 3.63) is 36.9 Å². The molecule has 3 heterocycles. The van der Waals surface area contributed by atoms with Gasteiger partial charge >= 0.3 is 0 Å². The summed E-state index contributed by atoms with van der Waals surface area (Å²) in [5.41, 5.74) is 7.91. The minimum Gasteiger partial charge on any atom is -0.378 e. The first-order valence-electron chi connectivity index (χ1n) is 7.90. The Morgan fingerprint density at radius 1 is 1.33 bits per heavy atom. The zero-order valence-electron chi connectivity index (χ0n) is 14.0.